The van der Waals surface area contributed by atoms with E-state index >= 15 is 0 Å². The number of amides is 2. The molecule has 1 N–H and O–H groups in total. The summed E-state index contributed by atoms with van der Waals surface area (Å²) in [6.45, 7) is -0.254. The van der Waals surface area contributed by atoms with E-state index < -0.39 is 30.0 Å². The normalized spacial score (nSPS) is 12.3. The van der Waals surface area contributed by atoms with Crippen LogP contribution in [0, 0.1) is 5.82 Å². The number of nitrogens with one attached hydrogen (secondary N) is 1. The van der Waals surface area contributed by atoms with Gasteiger partial charge >= 0.3 is 0 Å². The molecular weight excluding hydrogens is 506 g/mol. The van der Waals surface area contributed by atoms with Crippen molar-refractivity contribution in [2.24, 2.45) is 0 Å². The van der Waals surface area contributed by atoms with Crippen molar-refractivity contribution < 1.29 is 18.8 Å². The fourth-order valence-corrected chi connectivity index (χ4v) is 4.23. The molecule has 7 nitrogen and oxygen atoms in total. The average Bonchev–Trinajstić information content (AvgIpc) is 3.47. The Morgan fingerprint density at radius 3 is 2.53 bits per heavy atom. The number of aromatic nitrogens is 2. The molecule has 1 aliphatic rings. The van der Waals surface area contributed by atoms with Gasteiger partial charge in [0.15, 0.2) is 0 Å². The second-order valence-corrected chi connectivity index (χ2v) is 8.43. The third kappa shape index (κ3) is 4.86. The molecule has 0 unspecified atom stereocenters. The van der Waals surface area contributed by atoms with Gasteiger partial charge in [0.05, 0.1) is 29.8 Å². The molecule has 5 rings (SSSR count). The lowest BCUT2D eigenvalue weighted by molar-refractivity contribution is -0.120. The Balaban J connectivity index is 0.00000304. The van der Waals surface area contributed by atoms with Crippen molar-refractivity contribution in [3.63, 3.8) is 0 Å². The highest BCUT2D eigenvalue weighted by atomic mass is 35.5. The molecule has 1 aromatic heterocycles. The van der Waals surface area contributed by atoms with Crippen LogP contribution in [-0.4, -0.2) is 34.1 Å². The Morgan fingerprint density at radius 1 is 1.06 bits per heavy atom. The summed E-state index contributed by atoms with van der Waals surface area (Å²) in [4.78, 5) is 48.1. The number of rotatable bonds is 6. The maximum Gasteiger partial charge on any atom is 0.299 e. The first-order chi connectivity index (χ1) is 16.9. The third-order valence-corrected chi connectivity index (χ3v) is 5.97. The zero-order valence-corrected chi connectivity index (χ0v) is 20.2. The lowest BCUT2D eigenvalue weighted by Gasteiger charge is -2.26. The minimum Gasteiger partial charge on any atom is -0.351 e. The molecule has 1 aliphatic heterocycles. The van der Waals surface area contributed by atoms with Crippen LogP contribution in [0.15, 0.2) is 79.3 Å². The average molecular weight is 525 g/mol. The summed E-state index contributed by atoms with van der Waals surface area (Å²) in [5.41, 5.74) is 3.13. The van der Waals surface area contributed by atoms with Crippen LogP contribution in [0.2, 0.25) is 5.02 Å². The molecule has 3 aromatic carbocycles. The van der Waals surface area contributed by atoms with Crippen molar-refractivity contribution in [2.75, 3.05) is 16.3 Å². The van der Waals surface area contributed by atoms with Gasteiger partial charge in [0.25, 0.3) is 11.7 Å². The van der Waals surface area contributed by atoms with E-state index in [1.165, 1.54) is 11.0 Å². The number of carbonyl (C=O) groups is 3. The van der Waals surface area contributed by atoms with Gasteiger partial charge < -0.3 is 9.88 Å². The van der Waals surface area contributed by atoms with Crippen molar-refractivity contribution >= 4 is 53.0 Å². The fraction of sp³-hybridized carbons (Fsp3) is 0.0769. The molecule has 0 spiro atoms. The molecule has 4 aromatic rings. The molecular formula is C26H19Cl2FN4O3. The molecule has 10 heteroatoms. The van der Waals surface area contributed by atoms with Gasteiger partial charge in [-0.25, -0.2) is 9.37 Å². The number of imidazole rings is 1. The number of fused-ring (bicyclic) bond motifs is 1. The Hall–Kier alpha value is -4.01. The van der Waals surface area contributed by atoms with Gasteiger partial charge in [0.2, 0.25) is 5.91 Å². The molecule has 182 valence electrons. The van der Waals surface area contributed by atoms with Crippen LogP contribution in [0.4, 0.5) is 15.8 Å². The number of hydrogen-bond donors (Lipinski definition) is 1. The van der Waals surface area contributed by atoms with Crippen molar-refractivity contribution in [3.8, 4) is 11.3 Å². The van der Waals surface area contributed by atoms with Crippen molar-refractivity contribution in [1.29, 1.82) is 0 Å². The lowest BCUT2D eigenvalue weighted by Crippen LogP contribution is -2.42. The first-order valence-electron chi connectivity index (χ1n) is 10.7. The van der Waals surface area contributed by atoms with E-state index in [1.54, 1.807) is 42.9 Å². The van der Waals surface area contributed by atoms with E-state index in [4.69, 9.17) is 11.6 Å². The van der Waals surface area contributed by atoms with Crippen LogP contribution in [0.25, 0.3) is 11.3 Å². The van der Waals surface area contributed by atoms with Crippen molar-refractivity contribution in [3.05, 3.63) is 101 Å². The summed E-state index contributed by atoms with van der Waals surface area (Å²) in [6, 6.07) is 17.8. The molecule has 0 saturated heterocycles. The number of halogens is 3. The summed E-state index contributed by atoms with van der Waals surface area (Å²) in [7, 11) is 0. The number of Topliss-reactive ketones (excluding diaryl/α,β-unsaturated/α-hetero) is 1. The van der Waals surface area contributed by atoms with E-state index in [0.717, 1.165) is 33.9 Å². The van der Waals surface area contributed by atoms with Gasteiger partial charge in [0, 0.05) is 22.5 Å². The summed E-state index contributed by atoms with van der Waals surface area (Å²) in [6.07, 6.45) is 3.34. The smallest absolute Gasteiger partial charge is 0.299 e. The first-order valence-corrected chi connectivity index (χ1v) is 11.1. The number of hydrogen-bond acceptors (Lipinski definition) is 4. The summed E-state index contributed by atoms with van der Waals surface area (Å²) in [5, 5.41) is 0.522. The number of ketones is 1. The van der Waals surface area contributed by atoms with Crippen LogP contribution < -0.4 is 9.80 Å². The highest BCUT2D eigenvalue weighted by molar-refractivity contribution is 6.52. The van der Waals surface area contributed by atoms with Crippen molar-refractivity contribution in [1.82, 2.24) is 9.97 Å². The predicted molar refractivity (Wildman–Crippen MR) is 137 cm³/mol. The summed E-state index contributed by atoms with van der Waals surface area (Å²) < 4.78 is 13.9. The molecule has 2 heterocycles. The van der Waals surface area contributed by atoms with Crippen LogP contribution in [0.5, 0.6) is 0 Å². The van der Waals surface area contributed by atoms with E-state index in [-0.39, 0.29) is 30.2 Å². The molecule has 0 atom stereocenters. The highest BCUT2D eigenvalue weighted by Crippen LogP contribution is 2.30. The largest absolute Gasteiger partial charge is 0.351 e. The van der Waals surface area contributed by atoms with Crippen LogP contribution >= 0.6 is 24.0 Å². The third-order valence-electron chi connectivity index (χ3n) is 5.73. The minimum atomic E-state index is -0.865. The number of carbonyl (C=O) groups excluding carboxylic acids is 3. The molecule has 0 aliphatic carbocycles. The molecule has 0 fully saturated rings. The van der Waals surface area contributed by atoms with E-state index in [2.05, 4.69) is 9.97 Å². The number of H-pyrrole nitrogens is 1. The van der Waals surface area contributed by atoms with Gasteiger partial charge in [-0.15, -0.1) is 12.4 Å². The number of aromatic amines is 1. The monoisotopic (exact) mass is 524 g/mol. The Kier molecular flexibility index (Phi) is 7.19. The van der Waals surface area contributed by atoms with E-state index in [9.17, 15) is 18.8 Å². The van der Waals surface area contributed by atoms with Crippen LogP contribution in [0.1, 0.15) is 15.9 Å². The summed E-state index contributed by atoms with van der Waals surface area (Å²) in [5.74, 6) is -2.68. The van der Waals surface area contributed by atoms with Crippen LogP contribution in [-0.2, 0) is 16.1 Å². The second-order valence-electron chi connectivity index (χ2n) is 7.99. The molecule has 2 amide bonds. The van der Waals surface area contributed by atoms with E-state index in [0.29, 0.717) is 10.7 Å². The second kappa shape index (κ2) is 10.3. The Bertz CT molecular complexity index is 1440. The molecule has 36 heavy (non-hydrogen) atoms. The number of nitrogens with zero attached hydrogens (tertiary/aromatic N) is 3. The highest BCUT2D eigenvalue weighted by Gasteiger charge is 2.38. The van der Waals surface area contributed by atoms with Gasteiger partial charge in [-0.05, 0) is 48.0 Å². The molecule has 0 radical (unpaired) electrons. The van der Waals surface area contributed by atoms with Gasteiger partial charge in [-0.3, -0.25) is 19.3 Å². The fourth-order valence-electron chi connectivity index (χ4n) is 4.02. The van der Waals surface area contributed by atoms with Crippen LogP contribution in [0.3, 0.4) is 0 Å². The Labute approximate surface area is 216 Å². The van der Waals surface area contributed by atoms with Crippen molar-refractivity contribution in [2.45, 2.75) is 6.54 Å². The minimum absolute atomic E-state index is 0. The number of benzene rings is 3. The topological polar surface area (TPSA) is 86.4 Å². The van der Waals surface area contributed by atoms with Gasteiger partial charge in [0.1, 0.15) is 12.4 Å². The van der Waals surface area contributed by atoms with E-state index in [1.807, 2.05) is 18.2 Å². The zero-order valence-electron chi connectivity index (χ0n) is 18.7. The predicted octanol–water partition coefficient (Wildman–Crippen LogP) is 5.05. The standard InChI is InChI=1S/C26H18ClFN4O3.ClH/c27-18-3-1-2-16(10-18)13-31(20-7-4-17(5-8-20)22-12-29-15-30-22)24(33)14-32-23-11-19(28)6-9-21(23)25(34)26(32)35;/h1-12,15H,13-14H2,(H,29,30);1H. The zero-order chi connectivity index (χ0) is 24.5. The maximum atomic E-state index is 13.9. The summed E-state index contributed by atoms with van der Waals surface area (Å²) >= 11 is 6.14. The SMILES string of the molecule is Cl.O=C1C(=O)N(CC(=O)N(Cc2cccc(Cl)c2)c2ccc(-c3c[nH]cn3)cc2)c2cc(F)ccc21. The quantitative estimate of drug-likeness (QED) is 0.357. The van der Waals surface area contributed by atoms with Gasteiger partial charge in [-0.1, -0.05) is 35.9 Å². The maximum absolute atomic E-state index is 13.9. The number of anilines is 2. The molecule has 0 saturated carbocycles. The lowest BCUT2D eigenvalue weighted by atomic mass is 10.1. The Morgan fingerprint density at radius 2 is 1.83 bits per heavy atom. The molecule has 0 bridgehead atoms. The van der Waals surface area contributed by atoms with Gasteiger partial charge in [-0.2, -0.15) is 0 Å². The first kappa shape index (κ1) is 25.1.